The van der Waals surface area contributed by atoms with Gasteiger partial charge in [0.25, 0.3) is 0 Å². The first-order valence-electron chi connectivity index (χ1n) is 6.51. The van der Waals surface area contributed by atoms with Crippen molar-refractivity contribution in [1.29, 1.82) is 0 Å². The summed E-state index contributed by atoms with van der Waals surface area (Å²) >= 11 is 0. The summed E-state index contributed by atoms with van der Waals surface area (Å²) in [5.41, 5.74) is 5.05. The summed E-state index contributed by atoms with van der Waals surface area (Å²) in [5.74, 6) is 0.998. The van der Waals surface area contributed by atoms with Crippen LogP contribution in [0.4, 0.5) is 0 Å². The molecule has 5 heteroatoms. The monoisotopic (exact) mass is 250 g/mol. The molecule has 0 spiro atoms. The Hall–Kier alpha value is -1.36. The molecule has 18 heavy (non-hydrogen) atoms. The van der Waals surface area contributed by atoms with E-state index in [0.717, 1.165) is 18.7 Å². The number of hydrogen-bond acceptors (Lipinski definition) is 3. The normalized spacial score (nSPS) is 18.9. The quantitative estimate of drug-likeness (QED) is 0.785. The van der Waals surface area contributed by atoms with Crippen LogP contribution in [0.15, 0.2) is 12.4 Å². The highest BCUT2D eigenvalue weighted by Gasteiger charge is 2.50. The largest absolute Gasteiger partial charge is 0.368 e. The first-order chi connectivity index (χ1) is 8.45. The van der Waals surface area contributed by atoms with E-state index in [0.29, 0.717) is 12.5 Å². The fraction of sp³-hybridized carbons (Fsp3) is 0.692. The Morgan fingerprint density at radius 1 is 1.67 bits per heavy atom. The zero-order valence-corrected chi connectivity index (χ0v) is 11.3. The van der Waals surface area contributed by atoms with Gasteiger partial charge in [-0.1, -0.05) is 0 Å². The zero-order chi connectivity index (χ0) is 13.3. The van der Waals surface area contributed by atoms with Crippen LogP contribution < -0.4 is 11.1 Å². The molecular formula is C13H22N4O. The lowest BCUT2D eigenvalue weighted by Crippen LogP contribution is -2.61. The molecule has 1 unspecified atom stereocenters. The number of nitrogens with zero attached hydrogens (tertiary/aromatic N) is 2. The van der Waals surface area contributed by atoms with Gasteiger partial charge < -0.3 is 10.3 Å². The van der Waals surface area contributed by atoms with Crippen molar-refractivity contribution in [3.05, 3.63) is 18.2 Å². The third-order valence-corrected chi connectivity index (χ3v) is 3.60. The third kappa shape index (κ3) is 2.41. The van der Waals surface area contributed by atoms with Crippen LogP contribution in [0.1, 0.15) is 32.5 Å². The molecule has 1 amide bonds. The van der Waals surface area contributed by atoms with Gasteiger partial charge in [-0.25, -0.2) is 4.98 Å². The number of nitrogens with two attached hydrogens (primary N) is 1. The highest BCUT2D eigenvalue weighted by molar-refractivity contribution is 5.85. The Bertz CT molecular complexity index is 436. The maximum absolute atomic E-state index is 12.0. The van der Waals surface area contributed by atoms with Crippen molar-refractivity contribution < 1.29 is 4.79 Å². The first-order valence-corrected chi connectivity index (χ1v) is 6.51. The topological polar surface area (TPSA) is 72.9 Å². The van der Waals surface area contributed by atoms with Crippen LogP contribution in [0, 0.1) is 12.8 Å². The van der Waals surface area contributed by atoms with E-state index in [-0.39, 0.29) is 11.9 Å². The number of rotatable bonds is 6. The zero-order valence-electron chi connectivity index (χ0n) is 11.3. The lowest BCUT2D eigenvalue weighted by Gasteiger charge is -2.34. The maximum Gasteiger partial charge on any atom is 0.239 e. The molecule has 0 bridgehead atoms. The molecule has 5 nitrogen and oxygen atoms in total. The van der Waals surface area contributed by atoms with Crippen molar-refractivity contribution in [3.8, 4) is 0 Å². The number of imidazole rings is 1. The van der Waals surface area contributed by atoms with E-state index in [1.165, 1.54) is 0 Å². The van der Waals surface area contributed by atoms with Crippen molar-refractivity contribution in [2.75, 3.05) is 0 Å². The molecule has 2 rings (SSSR count). The van der Waals surface area contributed by atoms with Crippen molar-refractivity contribution in [2.24, 2.45) is 11.7 Å². The average Bonchev–Trinajstić information content (AvgIpc) is 3.04. The molecule has 0 aliphatic heterocycles. The number of carbonyl (C=O) groups excluding carboxylic acids is 1. The van der Waals surface area contributed by atoms with Gasteiger partial charge in [0.1, 0.15) is 11.4 Å². The van der Waals surface area contributed by atoms with Crippen LogP contribution in [0.5, 0.6) is 0 Å². The van der Waals surface area contributed by atoms with Crippen LogP contribution in [0.2, 0.25) is 0 Å². The number of aryl methyl sites for hydroxylation is 1. The van der Waals surface area contributed by atoms with Gasteiger partial charge in [0, 0.05) is 18.4 Å². The molecule has 1 heterocycles. The van der Waals surface area contributed by atoms with Gasteiger partial charge in [0.2, 0.25) is 5.91 Å². The maximum atomic E-state index is 12.0. The van der Waals surface area contributed by atoms with Crippen molar-refractivity contribution in [3.63, 3.8) is 0 Å². The molecule has 1 aliphatic rings. The Morgan fingerprint density at radius 3 is 2.72 bits per heavy atom. The molecule has 0 radical (unpaired) electrons. The van der Waals surface area contributed by atoms with Gasteiger partial charge in [0.05, 0.1) is 6.54 Å². The Balaban J connectivity index is 2.28. The first kappa shape index (κ1) is 13.1. The van der Waals surface area contributed by atoms with Gasteiger partial charge >= 0.3 is 0 Å². The molecule has 100 valence electrons. The number of amides is 1. The van der Waals surface area contributed by atoms with Crippen molar-refractivity contribution in [1.82, 2.24) is 14.9 Å². The van der Waals surface area contributed by atoms with E-state index < -0.39 is 5.54 Å². The van der Waals surface area contributed by atoms with Crippen LogP contribution in [-0.2, 0) is 11.3 Å². The van der Waals surface area contributed by atoms with Crippen LogP contribution in [0.3, 0.4) is 0 Å². The Kier molecular flexibility index (Phi) is 3.43. The smallest absolute Gasteiger partial charge is 0.239 e. The number of primary amides is 1. The minimum absolute atomic E-state index is 0.224. The fourth-order valence-electron chi connectivity index (χ4n) is 2.57. The predicted molar refractivity (Wildman–Crippen MR) is 69.9 cm³/mol. The molecule has 1 aromatic rings. The highest BCUT2D eigenvalue weighted by Crippen LogP contribution is 2.41. The SMILES string of the molecule is Cc1nccn1CC(NC(C)C)(C(N)=O)C1CC1. The molecule has 3 N–H and O–H groups in total. The highest BCUT2D eigenvalue weighted by atomic mass is 16.1. The van der Waals surface area contributed by atoms with Gasteiger partial charge in [-0.15, -0.1) is 0 Å². The van der Waals surface area contributed by atoms with Crippen LogP contribution in [0.25, 0.3) is 0 Å². The van der Waals surface area contributed by atoms with E-state index >= 15 is 0 Å². The third-order valence-electron chi connectivity index (χ3n) is 3.60. The molecule has 0 saturated heterocycles. The van der Waals surface area contributed by atoms with E-state index in [4.69, 9.17) is 5.73 Å². The lowest BCUT2D eigenvalue weighted by molar-refractivity contribution is -0.126. The summed E-state index contributed by atoms with van der Waals surface area (Å²) < 4.78 is 2.00. The number of carbonyl (C=O) groups is 1. The summed E-state index contributed by atoms with van der Waals surface area (Å²) in [6, 6.07) is 0.224. The van der Waals surface area contributed by atoms with E-state index in [9.17, 15) is 4.79 Å². The molecule has 1 atom stereocenters. The second-order valence-electron chi connectivity index (χ2n) is 5.51. The van der Waals surface area contributed by atoms with E-state index in [2.05, 4.69) is 10.3 Å². The number of nitrogens with one attached hydrogen (secondary N) is 1. The van der Waals surface area contributed by atoms with E-state index in [1.54, 1.807) is 6.20 Å². The van der Waals surface area contributed by atoms with Crippen molar-refractivity contribution in [2.45, 2.75) is 51.7 Å². The molecular weight excluding hydrogens is 228 g/mol. The lowest BCUT2D eigenvalue weighted by atomic mass is 9.90. The fourth-order valence-corrected chi connectivity index (χ4v) is 2.57. The summed E-state index contributed by atoms with van der Waals surface area (Å²) in [4.78, 5) is 16.2. The molecule has 1 aliphatic carbocycles. The molecule has 0 aromatic carbocycles. The van der Waals surface area contributed by atoms with Crippen molar-refractivity contribution >= 4 is 5.91 Å². The minimum atomic E-state index is -0.639. The Labute approximate surface area is 108 Å². The summed E-state index contributed by atoms with van der Waals surface area (Å²) in [5, 5.41) is 3.40. The second-order valence-corrected chi connectivity index (χ2v) is 5.51. The second kappa shape index (κ2) is 4.72. The minimum Gasteiger partial charge on any atom is -0.368 e. The predicted octanol–water partition coefficient (Wildman–Crippen LogP) is 0.824. The molecule has 1 fully saturated rings. The summed E-state index contributed by atoms with van der Waals surface area (Å²) in [7, 11) is 0. The van der Waals surface area contributed by atoms with Gasteiger partial charge in [-0.2, -0.15) is 0 Å². The number of aromatic nitrogens is 2. The van der Waals surface area contributed by atoms with Crippen LogP contribution >= 0.6 is 0 Å². The van der Waals surface area contributed by atoms with Gasteiger partial charge in [-0.3, -0.25) is 10.1 Å². The van der Waals surface area contributed by atoms with Crippen LogP contribution in [-0.4, -0.2) is 27.0 Å². The van der Waals surface area contributed by atoms with E-state index in [1.807, 2.05) is 31.5 Å². The average molecular weight is 250 g/mol. The number of hydrogen-bond donors (Lipinski definition) is 2. The standard InChI is InChI=1S/C13H22N4O/c1-9(2)16-13(12(14)18,11-4-5-11)8-17-7-6-15-10(17)3/h6-7,9,11,16H,4-5,8H2,1-3H3,(H2,14,18). The Morgan fingerprint density at radius 2 is 2.33 bits per heavy atom. The summed E-state index contributed by atoms with van der Waals surface area (Å²) in [6.07, 6.45) is 5.79. The van der Waals surface area contributed by atoms with Gasteiger partial charge in [0.15, 0.2) is 0 Å². The summed E-state index contributed by atoms with van der Waals surface area (Å²) in [6.45, 7) is 6.59. The van der Waals surface area contributed by atoms with Gasteiger partial charge in [-0.05, 0) is 39.5 Å². The molecule has 1 aromatic heterocycles. The molecule has 1 saturated carbocycles.